The highest BCUT2D eigenvalue weighted by molar-refractivity contribution is 6.15. The Balaban J connectivity index is 1.21. The number of benzene rings is 2. The van der Waals surface area contributed by atoms with Crippen LogP contribution in [0.1, 0.15) is 48.0 Å². The normalized spacial score (nSPS) is 16.8. The summed E-state index contributed by atoms with van der Waals surface area (Å²) >= 11 is 0. The predicted octanol–water partition coefficient (Wildman–Crippen LogP) is 4.35. The van der Waals surface area contributed by atoms with E-state index >= 15 is 0 Å². The second-order valence-electron chi connectivity index (χ2n) is 7.79. The second kappa shape index (κ2) is 9.70. The van der Waals surface area contributed by atoms with Crippen LogP contribution in [-0.2, 0) is 6.54 Å². The van der Waals surface area contributed by atoms with Crippen molar-refractivity contribution in [2.75, 3.05) is 26.2 Å². The molecule has 1 N–H and O–H groups in total. The Bertz CT molecular complexity index is 872. The monoisotopic (exact) mass is 391 g/mol. The third kappa shape index (κ3) is 5.45. The predicted molar refractivity (Wildman–Crippen MR) is 116 cm³/mol. The average molecular weight is 392 g/mol. The molecular weight excluding hydrogens is 362 g/mol. The van der Waals surface area contributed by atoms with Gasteiger partial charge in [-0.1, -0.05) is 30.7 Å². The molecule has 0 bridgehead atoms. The number of hydrogen-bond acceptors (Lipinski definition) is 5. The first-order chi connectivity index (χ1) is 14.3. The van der Waals surface area contributed by atoms with Gasteiger partial charge in [-0.2, -0.15) is 0 Å². The van der Waals surface area contributed by atoms with Gasteiger partial charge in [0.05, 0.1) is 18.7 Å². The lowest BCUT2D eigenvalue weighted by atomic mass is 10.0. The van der Waals surface area contributed by atoms with E-state index in [1.807, 2.05) is 30.3 Å². The van der Waals surface area contributed by atoms with Gasteiger partial charge < -0.3 is 10.1 Å². The molecule has 1 saturated heterocycles. The highest BCUT2D eigenvalue weighted by Gasteiger charge is 2.18. The Morgan fingerprint density at radius 3 is 2.79 bits per heavy atom. The number of likely N-dealkylation sites (tertiary alicyclic amines) is 1. The van der Waals surface area contributed by atoms with Gasteiger partial charge >= 0.3 is 0 Å². The minimum atomic E-state index is 0.125. The van der Waals surface area contributed by atoms with E-state index in [1.54, 1.807) is 0 Å². The van der Waals surface area contributed by atoms with Gasteiger partial charge in [0.2, 0.25) is 0 Å². The Hall–Kier alpha value is -2.66. The number of piperidine rings is 1. The van der Waals surface area contributed by atoms with Gasteiger partial charge in [-0.15, -0.1) is 0 Å². The van der Waals surface area contributed by atoms with Crippen LogP contribution in [0.25, 0.3) is 0 Å². The van der Waals surface area contributed by atoms with Crippen molar-refractivity contribution in [3.63, 3.8) is 0 Å². The number of hydrogen-bond donors (Lipinski definition) is 1. The molecule has 4 rings (SSSR count). The van der Waals surface area contributed by atoms with Gasteiger partial charge in [-0.3, -0.25) is 9.69 Å². The van der Waals surface area contributed by atoms with E-state index < -0.39 is 0 Å². The zero-order valence-electron chi connectivity index (χ0n) is 16.9. The minimum Gasteiger partial charge on any atom is -0.494 e. The summed E-state index contributed by atoms with van der Waals surface area (Å²) < 4.78 is 5.94. The molecule has 2 aromatic carbocycles. The standard InChI is InChI=1S/C24H29N3O2/c28-23-17-24(26-22-11-3-2-10-21(22)23)25-12-7-15-29-20-9-6-8-19(16-20)18-27-13-4-1-5-14-27/h2-3,6,8-11,16H,1,4-5,7,12-15,17-18H2,(H,25,26). The van der Waals surface area contributed by atoms with Crippen LogP contribution in [0, 0.1) is 0 Å². The summed E-state index contributed by atoms with van der Waals surface area (Å²) in [4.78, 5) is 19.3. The second-order valence-corrected chi connectivity index (χ2v) is 7.79. The van der Waals surface area contributed by atoms with Gasteiger partial charge in [0.1, 0.15) is 11.6 Å². The number of ketones is 1. The molecular formula is C24H29N3O2. The van der Waals surface area contributed by atoms with E-state index in [2.05, 4.69) is 33.4 Å². The zero-order valence-corrected chi connectivity index (χ0v) is 16.9. The van der Waals surface area contributed by atoms with Crippen molar-refractivity contribution in [1.82, 2.24) is 10.2 Å². The molecule has 2 aromatic rings. The molecule has 152 valence electrons. The van der Waals surface area contributed by atoms with Crippen LogP contribution >= 0.6 is 0 Å². The number of carbonyl (C=O) groups excluding carboxylic acids is 1. The molecule has 0 unspecified atom stereocenters. The Kier molecular flexibility index (Phi) is 6.57. The van der Waals surface area contributed by atoms with E-state index in [1.165, 1.54) is 37.9 Å². The third-order valence-electron chi connectivity index (χ3n) is 5.46. The molecule has 0 amide bonds. The molecule has 2 aliphatic rings. The highest BCUT2D eigenvalue weighted by Crippen LogP contribution is 2.24. The van der Waals surface area contributed by atoms with Crippen LogP contribution in [-0.4, -0.2) is 42.8 Å². The fraction of sp³-hybridized carbons (Fsp3) is 0.417. The van der Waals surface area contributed by atoms with E-state index in [-0.39, 0.29) is 5.78 Å². The number of aliphatic imine (C=N–C) groups is 1. The molecule has 0 saturated carbocycles. The van der Waals surface area contributed by atoms with Crippen molar-refractivity contribution in [3.05, 3.63) is 59.7 Å². The average Bonchev–Trinajstić information content (AvgIpc) is 2.75. The van der Waals surface area contributed by atoms with Crippen molar-refractivity contribution in [2.45, 2.75) is 38.6 Å². The first-order valence-electron chi connectivity index (χ1n) is 10.7. The third-order valence-corrected chi connectivity index (χ3v) is 5.46. The Morgan fingerprint density at radius 2 is 1.90 bits per heavy atom. The Morgan fingerprint density at radius 1 is 1.03 bits per heavy atom. The van der Waals surface area contributed by atoms with Gasteiger partial charge in [0, 0.05) is 18.7 Å². The number of ether oxygens (including phenoxy) is 1. The fourth-order valence-electron chi connectivity index (χ4n) is 3.95. The van der Waals surface area contributed by atoms with E-state index in [9.17, 15) is 4.79 Å². The summed E-state index contributed by atoms with van der Waals surface area (Å²) in [7, 11) is 0. The number of amidine groups is 1. The topological polar surface area (TPSA) is 53.9 Å². The van der Waals surface area contributed by atoms with E-state index in [4.69, 9.17) is 4.74 Å². The first-order valence-corrected chi connectivity index (χ1v) is 10.7. The largest absolute Gasteiger partial charge is 0.494 e. The molecule has 0 atom stereocenters. The molecule has 2 aliphatic heterocycles. The maximum Gasteiger partial charge on any atom is 0.172 e. The molecule has 0 radical (unpaired) electrons. The number of rotatable bonds is 7. The Labute approximate surface area is 172 Å². The van der Waals surface area contributed by atoms with Crippen molar-refractivity contribution < 1.29 is 9.53 Å². The van der Waals surface area contributed by atoms with Crippen LogP contribution in [0.3, 0.4) is 0 Å². The van der Waals surface area contributed by atoms with Gasteiger partial charge in [0.25, 0.3) is 0 Å². The minimum absolute atomic E-state index is 0.125. The number of para-hydroxylation sites is 1. The van der Waals surface area contributed by atoms with Crippen LogP contribution in [0.15, 0.2) is 53.5 Å². The van der Waals surface area contributed by atoms with Crippen LogP contribution in [0.4, 0.5) is 5.69 Å². The lowest BCUT2D eigenvalue weighted by Crippen LogP contribution is -2.29. The van der Waals surface area contributed by atoms with Gasteiger partial charge in [0.15, 0.2) is 5.78 Å². The molecule has 5 nitrogen and oxygen atoms in total. The summed E-state index contributed by atoms with van der Waals surface area (Å²) in [6.45, 7) is 4.79. The quantitative estimate of drug-likeness (QED) is 0.713. The van der Waals surface area contributed by atoms with Gasteiger partial charge in [-0.25, -0.2) is 4.99 Å². The first kappa shape index (κ1) is 19.6. The van der Waals surface area contributed by atoms with E-state index in [0.717, 1.165) is 36.8 Å². The smallest absolute Gasteiger partial charge is 0.172 e. The van der Waals surface area contributed by atoms with Crippen LogP contribution in [0.2, 0.25) is 0 Å². The summed E-state index contributed by atoms with van der Waals surface area (Å²) in [5.74, 6) is 1.80. The number of carbonyl (C=O) groups is 1. The lowest BCUT2D eigenvalue weighted by Gasteiger charge is -2.26. The molecule has 29 heavy (non-hydrogen) atoms. The number of nitrogens with zero attached hydrogens (tertiary/aromatic N) is 2. The molecule has 0 aliphatic carbocycles. The van der Waals surface area contributed by atoms with Crippen molar-refractivity contribution in [3.8, 4) is 5.75 Å². The van der Waals surface area contributed by atoms with E-state index in [0.29, 0.717) is 18.6 Å². The summed E-state index contributed by atoms with van der Waals surface area (Å²) in [6, 6.07) is 15.9. The molecule has 2 heterocycles. The van der Waals surface area contributed by atoms with Crippen molar-refractivity contribution in [2.24, 2.45) is 4.99 Å². The lowest BCUT2D eigenvalue weighted by molar-refractivity contribution is 0.0999. The van der Waals surface area contributed by atoms with Crippen molar-refractivity contribution in [1.29, 1.82) is 0 Å². The molecule has 0 aromatic heterocycles. The number of Topliss-reactive ketones (excluding diaryl/α,β-unsaturated/α-hetero) is 1. The van der Waals surface area contributed by atoms with Gasteiger partial charge in [-0.05, 0) is 62.2 Å². The highest BCUT2D eigenvalue weighted by atomic mass is 16.5. The molecule has 0 spiro atoms. The van der Waals surface area contributed by atoms with Crippen LogP contribution < -0.4 is 10.1 Å². The number of fused-ring (bicyclic) bond motifs is 1. The molecule has 5 heteroatoms. The zero-order chi connectivity index (χ0) is 19.9. The molecule has 1 fully saturated rings. The maximum absolute atomic E-state index is 12.2. The maximum atomic E-state index is 12.2. The van der Waals surface area contributed by atoms with Crippen LogP contribution in [0.5, 0.6) is 5.75 Å². The summed E-state index contributed by atoms with van der Waals surface area (Å²) in [5.41, 5.74) is 2.79. The van der Waals surface area contributed by atoms with Crippen molar-refractivity contribution >= 4 is 17.3 Å². The fourth-order valence-corrected chi connectivity index (χ4v) is 3.95. The SMILES string of the molecule is O=C1CC(NCCCOc2cccc(CN3CCCCC3)c2)=Nc2ccccc21. The summed E-state index contributed by atoms with van der Waals surface area (Å²) in [5, 5.41) is 3.29. The summed E-state index contributed by atoms with van der Waals surface area (Å²) in [6.07, 6.45) is 5.18. The number of nitrogens with one attached hydrogen (secondary N) is 1.